The smallest absolute Gasteiger partial charge is 0.249 e. The van der Waals surface area contributed by atoms with E-state index < -0.39 is 17.5 Å². The minimum absolute atomic E-state index is 0.0265. The number of piperidine rings is 1. The number of amides is 4. The van der Waals surface area contributed by atoms with Crippen molar-refractivity contribution in [3.8, 4) is 0 Å². The molecule has 0 unspecified atom stereocenters. The van der Waals surface area contributed by atoms with E-state index in [9.17, 15) is 19.2 Å². The van der Waals surface area contributed by atoms with E-state index in [1.807, 2.05) is 40.7 Å². The third kappa shape index (κ3) is 10.3. The van der Waals surface area contributed by atoms with Gasteiger partial charge in [-0.3, -0.25) is 24.1 Å². The van der Waals surface area contributed by atoms with Crippen LogP contribution in [0, 0.1) is 11.3 Å². The Morgan fingerprint density at radius 1 is 0.909 bits per heavy atom. The van der Waals surface area contributed by atoms with Gasteiger partial charge in [0.25, 0.3) is 0 Å². The highest BCUT2D eigenvalue weighted by Crippen LogP contribution is 2.27. The van der Waals surface area contributed by atoms with Crippen LogP contribution in [-0.2, 0) is 19.2 Å². The molecule has 2 aliphatic rings. The lowest BCUT2D eigenvalue weighted by Crippen LogP contribution is -2.60. The molecule has 0 aromatic carbocycles. The maximum Gasteiger partial charge on any atom is 0.249 e. The van der Waals surface area contributed by atoms with Crippen LogP contribution in [0.1, 0.15) is 120 Å². The predicted molar refractivity (Wildman–Crippen MR) is 178 cm³/mol. The second-order valence-corrected chi connectivity index (χ2v) is 14.7. The molecule has 2 heterocycles. The van der Waals surface area contributed by atoms with Gasteiger partial charge in [0.05, 0.1) is 12.1 Å². The molecule has 0 aromatic rings. The molecule has 2 N–H and O–H groups in total. The van der Waals surface area contributed by atoms with Gasteiger partial charge in [0.15, 0.2) is 0 Å². The Bertz CT molecular complexity index is 1000. The number of carbonyl (C=O) groups excluding carboxylic acids is 4. The van der Waals surface area contributed by atoms with E-state index in [1.54, 1.807) is 23.8 Å². The van der Waals surface area contributed by atoms with Gasteiger partial charge in [0.1, 0.15) is 12.1 Å². The van der Waals surface area contributed by atoms with Crippen LogP contribution in [0.3, 0.4) is 0 Å². The summed E-state index contributed by atoms with van der Waals surface area (Å²) in [4.78, 5) is 59.9. The average Bonchev–Trinajstić information content (AvgIpc) is 3.46. The Morgan fingerprint density at radius 3 is 2.16 bits per heavy atom. The van der Waals surface area contributed by atoms with Crippen molar-refractivity contribution in [2.24, 2.45) is 11.3 Å². The minimum Gasteiger partial charge on any atom is -0.354 e. The second-order valence-electron chi connectivity index (χ2n) is 14.7. The van der Waals surface area contributed by atoms with Crippen LogP contribution in [0.5, 0.6) is 0 Å². The van der Waals surface area contributed by atoms with Gasteiger partial charge >= 0.3 is 0 Å². The maximum atomic E-state index is 14.1. The Balaban J connectivity index is 2.19. The summed E-state index contributed by atoms with van der Waals surface area (Å²) >= 11 is 0. The summed E-state index contributed by atoms with van der Waals surface area (Å²) in [5.74, 6) is -0.475. The average molecular weight is 618 g/mol. The Hall–Kier alpha value is -2.42. The molecule has 4 amide bonds. The van der Waals surface area contributed by atoms with Crippen molar-refractivity contribution in [2.45, 2.75) is 150 Å². The molecule has 2 saturated heterocycles. The van der Waals surface area contributed by atoms with E-state index in [2.05, 4.69) is 36.3 Å². The molecule has 4 atom stereocenters. The minimum atomic E-state index is -0.717. The van der Waals surface area contributed by atoms with Crippen LogP contribution < -0.4 is 10.6 Å². The Labute approximate surface area is 267 Å². The Morgan fingerprint density at radius 2 is 1.57 bits per heavy atom. The van der Waals surface area contributed by atoms with Crippen molar-refractivity contribution in [3.05, 3.63) is 11.6 Å². The van der Waals surface area contributed by atoms with E-state index in [1.165, 1.54) is 0 Å². The lowest BCUT2D eigenvalue weighted by molar-refractivity contribution is -0.142. The highest BCUT2D eigenvalue weighted by molar-refractivity contribution is 5.97. The zero-order chi connectivity index (χ0) is 33.2. The number of likely N-dealkylation sites (tertiary alicyclic amines) is 2. The van der Waals surface area contributed by atoms with Crippen LogP contribution in [0.4, 0.5) is 0 Å². The first-order valence-electron chi connectivity index (χ1n) is 17.2. The second kappa shape index (κ2) is 17.3. The van der Waals surface area contributed by atoms with E-state index in [4.69, 9.17) is 0 Å². The van der Waals surface area contributed by atoms with Crippen molar-refractivity contribution in [3.63, 3.8) is 0 Å². The molecule has 44 heavy (non-hydrogen) atoms. The molecule has 0 aromatic heterocycles. The maximum absolute atomic E-state index is 14.1. The number of nitrogens with one attached hydrogen (secondary N) is 2. The molecule has 0 radical (unpaired) electrons. The fraction of sp³-hybridized carbons (Fsp3) is 0.829. The number of unbranched alkanes of at least 4 members (excludes halogenated alkanes) is 3. The molecule has 0 saturated carbocycles. The lowest BCUT2D eigenvalue weighted by Gasteiger charge is -2.41. The van der Waals surface area contributed by atoms with E-state index >= 15 is 0 Å². The van der Waals surface area contributed by atoms with Crippen molar-refractivity contribution < 1.29 is 19.2 Å². The molecule has 0 aliphatic carbocycles. The number of nitrogens with zero attached hydrogens (tertiary/aromatic N) is 3. The van der Waals surface area contributed by atoms with E-state index in [0.717, 1.165) is 57.9 Å². The first-order valence-corrected chi connectivity index (χ1v) is 17.2. The normalized spacial score (nSPS) is 21.4. The molecule has 0 bridgehead atoms. The molecule has 2 rings (SSSR count). The summed E-state index contributed by atoms with van der Waals surface area (Å²) in [5.41, 5.74) is 0.0123. The fourth-order valence-electron chi connectivity index (χ4n) is 6.56. The van der Waals surface area contributed by atoms with E-state index in [-0.39, 0.29) is 47.7 Å². The molecule has 9 heteroatoms. The van der Waals surface area contributed by atoms with Crippen LogP contribution in [0.15, 0.2) is 11.6 Å². The summed E-state index contributed by atoms with van der Waals surface area (Å²) in [6, 6.07) is -1.52. The van der Waals surface area contributed by atoms with Gasteiger partial charge in [-0.15, -0.1) is 0 Å². The van der Waals surface area contributed by atoms with Crippen molar-refractivity contribution in [2.75, 3.05) is 26.7 Å². The van der Waals surface area contributed by atoms with E-state index in [0.29, 0.717) is 25.1 Å². The van der Waals surface area contributed by atoms with Gasteiger partial charge in [-0.25, -0.2) is 0 Å². The van der Waals surface area contributed by atoms with Gasteiger partial charge in [-0.1, -0.05) is 73.3 Å². The van der Waals surface area contributed by atoms with Gasteiger partial charge in [-0.05, 0) is 70.8 Å². The standard InChI is InChI=1S/C35H63N5O4/c1-11-12-13-15-20-36-31(41)27-19-17-22-40(27)33(43)26(6)23-29(24(2)3)38(10)34(44)30(35(7,8)9)37-32(42)28-18-14-16-21-39(28)25(4)5/h23-25,27-30H,11-22H2,1-10H3,(H,36,41)(H,37,42)/t27-,28+,29+,30+/m0/s1. The highest BCUT2D eigenvalue weighted by Gasteiger charge is 2.40. The number of likely N-dealkylation sites (N-methyl/N-ethyl adjacent to an activating group) is 1. The number of hydrogen-bond donors (Lipinski definition) is 2. The first-order chi connectivity index (χ1) is 20.6. The molecular formula is C35H63N5O4. The highest BCUT2D eigenvalue weighted by atomic mass is 16.2. The quantitative estimate of drug-likeness (QED) is 0.213. The third-order valence-electron chi connectivity index (χ3n) is 9.29. The van der Waals surface area contributed by atoms with Crippen LogP contribution in [0.2, 0.25) is 0 Å². The van der Waals surface area contributed by atoms with Crippen LogP contribution in [-0.4, -0.2) is 95.2 Å². The Kier molecular flexibility index (Phi) is 14.9. The summed E-state index contributed by atoms with van der Waals surface area (Å²) in [5, 5.41) is 6.17. The largest absolute Gasteiger partial charge is 0.354 e. The first kappa shape index (κ1) is 37.8. The predicted octanol–water partition coefficient (Wildman–Crippen LogP) is 4.90. The third-order valence-corrected chi connectivity index (χ3v) is 9.29. The molecule has 2 aliphatic heterocycles. The van der Waals surface area contributed by atoms with Crippen molar-refractivity contribution in [1.29, 1.82) is 0 Å². The summed E-state index contributed by atoms with van der Waals surface area (Å²) < 4.78 is 0. The SMILES string of the molecule is CCCCCCNC(=O)[C@@H]1CCCN1C(=O)C(C)=C[C@H](C(C)C)N(C)C(=O)[C@@H](NC(=O)[C@H]1CCCCN1C(C)C)C(C)(C)C. The molecule has 0 spiro atoms. The molecule has 2 fully saturated rings. The van der Waals surface area contributed by atoms with Gasteiger partial charge < -0.3 is 20.4 Å². The summed E-state index contributed by atoms with van der Waals surface area (Å²) in [7, 11) is 1.76. The number of hydrogen-bond acceptors (Lipinski definition) is 5. The molecular weight excluding hydrogens is 554 g/mol. The molecule has 9 nitrogen and oxygen atoms in total. The van der Waals surface area contributed by atoms with Gasteiger partial charge in [-0.2, -0.15) is 0 Å². The topological polar surface area (TPSA) is 102 Å². The van der Waals surface area contributed by atoms with Crippen LogP contribution >= 0.6 is 0 Å². The van der Waals surface area contributed by atoms with Gasteiger partial charge in [0, 0.05) is 31.8 Å². The summed E-state index contributed by atoms with van der Waals surface area (Å²) in [6.07, 6.45) is 10.5. The fourth-order valence-corrected chi connectivity index (χ4v) is 6.56. The lowest BCUT2D eigenvalue weighted by atomic mass is 9.84. The number of carbonyl (C=O) groups is 4. The zero-order valence-electron chi connectivity index (χ0n) is 29.5. The monoisotopic (exact) mass is 617 g/mol. The van der Waals surface area contributed by atoms with Crippen molar-refractivity contribution in [1.82, 2.24) is 25.3 Å². The van der Waals surface area contributed by atoms with Gasteiger partial charge in [0.2, 0.25) is 23.6 Å². The number of rotatable bonds is 14. The van der Waals surface area contributed by atoms with Crippen molar-refractivity contribution >= 4 is 23.6 Å². The molecule has 252 valence electrons. The zero-order valence-corrected chi connectivity index (χ0v) is 29.5. The summed E-state index contributed by atoms with van der Waals surface area (Å²) in [6.45, 7) is 20.2. The van der Waals surface area contributed by atoms with Crippen LogP contribution in [0.25, 0.3) is 0 Å².